The van der Waals surface area contributed by atoms with Gasteiger partial charge in [0.2, 0.25) is 15.9 Å². The number of thioether (sulfide) groups is 1. The van der Waals surface area contributed by atoms with E-state index in [2.05, 4.69) is 50.0 Å². The summed E-state index contributed by atoms with van der Waals surface area (Å²) >= 11 is 1.59. The van der Waals surface area contributed by atoms with Crippen molar-refractivity contribution in [3.8, 4) is 0 Å². The zero-order chi connectivity index (χ0) is 24.5. The molecule has 0 radical (unpaired) electrons. The van der Waals surface area contributed by atoms with Crippen LogP contribution < -0.4 is 0 Å². The van der Waals surface area contributed by atoms with Crippen LogP contribution >= 0.6 is 11.8 Å². The van der Waals surface area contributed by atoms with Crippen LogP contribution in [0.2, 0.25) is 0 Å². The van der Waals surface area contributed by atoms with Gasteiger partial charge in [-0.3, -0.25) is 9.78 Å². The zero-order valence-electron chi connectivity index (χ0n) is 20.1. The van der Waals surface area contributed by atoms with Gasteiger partial charge in [-0.15, -0.1) is 11.8 Å². The molecule has 2 heterocycles. The van der Waals surface area contributed by atoms with Crippen molar-refractivity contribution >= 4 is 38.6 Å². The first-order valence-electron chi connectivity index (χ1n) is 11.5. The molecule has 0 N–H and O–H groups in total. The zero-order valence-corrected chi connectivity index (χ0v) is 21.7. The number of para-hydroxylation sites is 1. The standard InChI is InChI=1S/C26H31N3O3S2/c1-5-28(34(31,32)22-10-6-8-19-9-7-15-27-24(19)22)16-17-29-23(30)18-33-25(29)20-11-13-21(14-12-20)26(2,3)4/h6-15,25H,5,16-18H2,1-4H3. The van der Waals surface area contributed by atoms with Gasteiger partial charge in [0.05, 0.1) is 11.3 Å². The number of rotatable bonds is 7. The Morgan fingerprint density at radius 2 is 1.79 bits per heavy atom. The van der Waals surface area contributed by atoms with Crippen molar-refractivity contribution in [3.05, 3.63) is 71.9 Å². The Morgan fingerprint density at radius 3 is 2.47 bits per heavy atom. The Kier molecular flexibility index (Phi) is 7.03. The quantitative estimate of drug-likeness (QED) is 0.468. The SMILES string of the molecule is CCN(CCN1C(=O)CSC1c1ccc(C(C)(C)C)cc1)S(=O)(=O)c1cccc2cccnc12. The van der Waals surface area contributed by atoms with E-state index in [9.17, 15) is 13.2 Å². The highest BCUT2D eigenvalue weighted by Gasteiger charge is 2.34. The average molecular weight is 498 g/mol. The predicted molar refractivity (Wildman–Crippen MR) is 138 cm³/mol. The highest BCUT2D eigenvalue weighted by atomic mass is 32.2. The van der Waals surface area contributed by atoms with Crippen molar-refractivity contribution in [1.29, 1.82) is 0 Å². The molecule has 0 aliphatic carbocycles. The van der Waals surface area contributed by atoms with Crippen molar-refractivity contribution < 1.29 is 13.2 Å². The van der Waals surface area contributed by atoms with Gasteiger partial charge < -0.3 is 4.90 Å². The van der Waals surface area contributed by atoms with Crippen molar-refractivity contribution in [3.63, 3.8) is 0 Å². The number of aromatic nitrogens is 1. The van der Waals surface area contributed by atoms with Gasteiger partial charge >= 0.3 is 0 Å². The molecular formula is C26H31N3O3S2. The van der Waals surface area contributed by atoms with Crippen LogP contribution in [0.5, 0.6) is 0 Å². The summed E-state index contributed by atoms with van der Waals surface area (Å²) in [5, 5.41) is 0.673. The molecule has 2 aromatic carbocycles. The van der Waals surface area contributed by atoms with Gasteiger partial charge in [-0.2, -0.15) is 4.31 Å². The van der Waals surface area contributed by atoms with Gasteiger partial charge in [-0.25, -0.2) is 8.42 Å². The average Bonchev–Trinajstić information content (AvgIpc) is 3.18. The van der Waals surface area contributed by atoms with E-state index in [1.54, 1.807) is 41.1 Å². The van der Waals surface area contributed by atoms with Gasteiger partial charge in [0, 0.05) is 31.2 Å². The number of carbonyl (C=O) groups excluding carboxylic acids is 1. The maximum absolute atomic E-state index is 13.5. The van der Waals surface area contributed by atoms with E-state index >= 15 is 0 Å². The molecule has 1 aromatic heterocycles. The molecular weight excluding hydrogens is 466 g/mol. The van der Waals surface area contributed by atoms with Crippen LogP contribution in [0.4, 0.5) is 0 Å². The van der Waals surface area contributed by atoms with E-state index in [-0.39, 0.29) is 28.1 Å². The van der Waals surface area contributed by atoms with Gasteiger partial charge in [-0.1, -0.05) is 70.2 Å². The number of amides is 1. The Morgan fingerprint density at radius 1 is 1.09 bits per heavy atom. The molecule has 1 fully saturated rings. The number of carbonyl (C=O) groups is 1. The molecule has 1 unspecified atom stereocenters. The number of benzene rings is 2. The number of pyridine rings is 1. The first kappa shape index (κ1) is 24.7. The second kappa shape index (κ2) is 9.68. The van der Waals surface area contributed by atoms with Gasteiger partial charge in [-0.05, 0) is 28.7 Å². The molecule has 1 atom stereocenters. The maximum atomic E-state index is 13.5. The van der Waals surface area contributed by atoms with Crippen LogP contribution in [0.25, 0.3) is 10.9 Å². The van der Waals surface area contributed by atoms with Crippen molar-refractivity contribution in [2.24, 2.45) is 0 Å². The molecule has 4 rings (SSSR count). The highest BCUT2D eigenvalue weighted by Crippen LogP contribution is 2.39. The number of sulfonamides is 1. The minimum Gasteiger partial charge on any atom is -0.325 e. The number of hydrogen-bond acceptors (Lipinski definition) is 5. The second-order valence-corrected chi connectivity index (χ2v) is 12.4. The van der Waals surface area contributed by atoms with Crippen LogP contribution in [0.3, 0.4) is 0 Å². The maximum Gasteiger partial charge on any atom is 0.245 e. The van der Waals surface area contributed by atoms with Crippen LogP contribution in [0.1, 0.15) is 44.2 Å². The normalized spacial score (nSPS) is 17.1. The summed E-state index contributed by atoms with van der Waals surface area (Å²) in [7, 11) is -3.76. The Hall–Kier alpha value is -2.42. The third-order valence-electron chi connectivity index (χ3n) is 6.19. The van der Waals surface area contributed by atoms with Gasteiger partial charge in [0.25, 0.3) is 0 Å². The summed E-state index contributed by atoms with van der Waals surface area (Å²) in [6, 6.07) is 17.2. The monoisotopic (exact) mass is 497 g/mol. The van der Waals surface area contributed by atoms with E-state index < -0.39 is 10.0 Å². The summed E-state index contributed by atoms with van der Waals surface area (Å²) in [5.41, 5.74) is 2.83. The summed E-state index contributed by atoms with van der Waals surface area (Å²) < 4.78 is 28.5. The van der Waals surface area contributed by atoms with E-state index in [1.165, 1.54) is 9.87 Å². The number of fused-ring (bicyclic) bond motifs is 1. The topological polar surface area (TPSA) is 70.6 Å². The summed E-state index contributed by atoms with van der Waals surface area (Å²) in [5.74, 6) is 0.438. The van der Waals surface area contributed by atoms with Gasteiger partial charge in [0.1, 0.15) is 10.3 Å². The third kappa shape index (κ3) is 4.85. The largest absolute Gasteiger partial charge is 0.325 e. The Bertz CT molecular complexity index is 1280. The third-order valence-corrected chi connectivity index (χ3v) is 9.45. The molecule has 1 amide bonds. The molecule has 0 bridgehead atoms. The Balaban J connectivity index is 1.55. The lowest BCUT2D eigenvalue weighted by molar-refractivity contribution is -0.128. The molecule has 8 heteroatoms. The number of hydrogen-bond donors (Lipinski definition) is 0. The highest BCUT2D eigenvalue weighted by molar-refractivity contribution is 8.00. The predicted octanol–water partition coefficient (Wildman–Crippen LogP) is 4.82. The molecule has 3 aromatic rings. The fourth-order valence-corrected chi connectivity index (χ4v) is 7.04. The van der Waals surface area contributed by atoms with Crippen molar-refractivity contribution in [2.75, 3.05) is 25.4 Å². The Labute approximate surface area is 206 Å². The number of likely N-dealkylation sites (N-methyl/N-ethyl adjacent to an activating group) is 1. The second-order valence-electron chi connectivity index (χ2n) is 9.45. The van der Waals surface area contributed by atoms with Crippen LogP contribution in [-0.2, 0) is 20.2 Å². The molecule has 180 valence electrons. The first-order valence-corrected chi connectivity index (χ1v) is 14.0. The molecule has 1 aliphatic heterocycles. The fraction of sp³-hybridized carbons (Fsp3) is 0.385. The molecule has 1 aliphatic rings. The molecule has 0 spiro atoms. The number of nitrogens with zero attached hydrogens (tertiary/aromatic N) is 3. The van der Waals surface area contributed by atoms with E-state index in [0.29, 0.717) is 24.4 Å². The van der Waals surface area contributed by atoms with Crippen molar-refractivity contribution in [1.82, 2.24) is 14.2 Å². The summed E-state index contributed by atoms with van der Waals surface area (Å²) in [6.45, 7) is 9.22. The summed E-state index contributed by atoms with van der Waals surface area (Å²) in [6.07, 6.45) is 1.60. The van der Waals surface area contributed by atoms with Crippen molar-refractivity contribution in [2.45, 2.75) is 43.4 Å². The first-order chi connectivity index (χ1) is 16.1. The van der Waals surface area contributed by atoms with Crippen LogP contribution in [0.15, 0.2) is 65.7 Å². The van der Waals surface area contributed by atoms with Gasteiger partial charge in [0.15, 0.2) is 0 Å². The van der Waals surface area contributed by atoms with E-state index in [0.717, 1.165) is 10.9 Å². The lowest BCUT2D eigenvalue weighted by Gasteiger charge is -2.28. The molecule has 6 nitrogen and oxygen atoms in total. The molecule has 0 saturated carbocycles. The minimum absolute atomic E-state index is 0.0372. The minimum atomic E-state index is -3.76. The molecule has 1 saturated heterocycles. The summed E-state index contributed by atoms with van der Waals surface area (Å²) in [4.78, 5) is 19.0. The van der Waals surface area contributed by atoms with Crippen LogP contribution in [0, 0.1) is 0 Å². The van der Waals surface area contributed by atoms with E-state index in [4.69, 9.17) is 0 Å². The fourth-order valence-electron chi connectivity index (χ4n) is 4.21. The van der Waals surface area contributed by atoms with Crippen LogP contribution in [-0.4, -0.2) is 53.9 Å². The lowest BCUT2D eigenvalue weighted by Crippen LogP contribution is -2.40. The van der Waals surface area contributed by atoms with E-state index in [1.807, 2.05) is 19.1 Å². The molecule has 34 heavy (non-hydrogen) atoms. The smallest absolute Gasteiger partial charge is 0.245 e. The lowest BCUT2D eigenvalue weighted by atomic mass is 9.87.